The van der Waals surface area contributed by atoms with Gasteiger partial charge in [0.05, 0.1) is 21.7 Å². The number of nitrogens with zero attached hydrogens (tertiary/aromatic N) is 2. The molecule has 0 atom stereocenters. The van der Waals surface area contributed by atoms with Crippen molar-refractivity contribution in [3.05, 3.63) is 65.6 Å². The van der Waals surface area contributed by atoms with Gasteiger partial charge in [0.25, 0.3) is 5.91 Å². The molecule has 0 spiro atoms. The van der Waals surface area contributed by atoms with Crippen LogP contribution in [-0.4, -0.2) is 48.7 Å². The number of nitrogens with one attached hydrogen (secondary N) is 2. The predicted molar refractivity (Wildman–Crippen MR) is 126 cm³/mol. The van der Waals surface area contributed by atoms with Crippen molar-refractivity contribution in [2.75, 3.05) is 18.4 Å². The third-order valence-corrected chi connectivity index (χ3v) is 7.73. The van der Waals surface area contributed by atoms with Crippen LogP contribution in [0.5, 0.6) is 0 Å². The molecule has 2 amide bonds. The average Bonchev–Trinajstić information content (AvgIpc) is 2.79. The summed E-state index contributed by atoms with van der Waals surface area (Å²) in [6, 6.07) is 11.8. The SMILES string of the molecule is CC(=O)Nc1ccc(S(=O)(=O)N2CCC(NC(=O)c3cc4ccc(F)cc4nc3C)CC2)cc1. The lowest BCUT2D eigenvalue weighted by Crippen LogP contribution is -2.46. The largest absolute Gasteiger partial charge is 0.349 e. The van der Waals surface area contributed by atoms with Gasteiger partial charge in [-0.05, 0) is 62.2 Å². The molecule has 10 heteroatoms. The van der Waals surface area contributed by atoms with Crippen molar-refractivity contribution in [1.29, 1.82) is 0 Å². The summed E-state index contributed by atoms with van der Waals surface area (Å²) in [7, 11) is -3.68. The molecule has 0 unspecified atom stereocenters. The standard InChI is InChI=1S/C24H25FN4O4S/c1-15-22(13-17-3-4-18(25)14-23(17)26-15)24(31)28-20-9-11-29(12-10-20)34(32,33)21-7-5-19(6-8-21)27-16(2)30/h3-8,13-14,20H,9-12H2,1-2H3,(H,27,30)(H,28,31). The normalized spacial score (nSPS) is 15.3. The Labute approximate surface area is 197 Å². The molecule has 178 valence electrons. The van der Waals surface area contributed by atoms with E-state index in [1.165, 1.54) is 35.5 Å². The van der Waals surface area contributed by atoms with E-state index < -0.39 is 10.0 Å². The van der Waals surface area contributed by atoms with Crippen LogP contribution in [0.25, 0.3) is 10.9 Å². The number of amides is 2. The van der Waals surface area contributed by atoms with Crippen molar-refractivity contribution in [2.24, 2.45) is 0 Å². The average molecular weight is 485 g/mol. The first kappa shape index (κ1) is 23.8. The fraction of sp³-hybridized carbons (Fsp3) is 0.292. The highest BCUT2D eigenvalue weighted by molar-refractivity contribution is 7.89. The fourth-order valence-electron chi connectivity index (χ4n) is 4.03. The molecule has 2 N–H and O–H groups in total. The van der Waals surface area contributed by atoms with Crippen molar-refractivity contribution in [1.82, 2.24) is 14.6 Å². The molecular formula is C24H25FN4O4S. The Morgan fingerprint density at radius 2 is 1.74 bits per heavy atom. The van der Waals surface area contributed by atoms with Crippen molar-refractivity contribution in [3.63, 3.8) is 0 Å². The number of aromatic nitrogens is 1. The van der Waals surface area contributed by atoms with Crippen LogP contribution in [0.15, 0.2) is 53.4 Å². The van der Waals surface area contributed by atoms with E-state index in [9.17, 15) is 22.4 Å². The molecule has 2 aromatic carbocycles. The summed E-state index contributed by atoms with van der Waals surface area (Å²) >= 11 is 0. The molecule has 1 aliphatic rings. The highest BCUT2D eigenvalue weighted by atomic mass is 32.2. The zero-order valence-corrected chi connectivity index (χ0v) is 19.7. The van der Waals surface area contributed by atoms with Crippen molar-refractivity contribution >= 4 is 38.4 Å². The Kier molecular flexibility index (Phi) is 6.63. The van der Waals surface area contributed by atoms with Crippen LogP contribution in [0.2, 0.25) is 0 Å². The summed E-state index contributed by atoms with van der Waals surface area (Å²) in [5, 5.41) is 6.25. The zero-order valence-electron chi connectivity index (χ0n) is 18.8. The number of fused-ring (bicyclic) bond motifs is 1. The maximum Gasteiger partial charge on any atom is 0.253 e. The quantitative estimate of drug-likeness (QED) is 0.578. The van der Waals surface area contributed by atoms with Gasteiger partial charge in [0, 0.05) is 43.2 Å². The van der Waals surface area contributed by atoms with Gasteiger partial charge in [-0.25, -0.2) is 12.8 Å². The van der Waals surface area contributed by atoms with Crippen LogP contribution >= 0.6 is 0 Å². The van der Waals surface area contributed by atoms with Gasteiger partial charge in [0.2, 0.25) is 15.9 Å². The minimum absolute atomic E-state index is 0.151. The van der Waals surface area contributed by atoms with Crippen LogP contribution < -0.4 is 10.6 Å². The van der Waals surface area contributed by atoms with E-state index in [0.29, 0.717) is 40.7 Å². The topological polar surface area (TPSA) is 108 Å². The molecule has 1 aromatic heterocycles. The Balaban J connectivity index is 1.39. The zero-order chi connectivity index (χ0) is 24.5. The number of sulfonamides is 1. The van der Waals surface area contributed by atoms with Crippen molar-refractivity contribution < 1.29 is 22.4 Å². The number of anilines is 1. The maximum atomic E-state index is 13.4. The Hall–Kier alpha value is -3.37. The van der Waals surface area contributed by atoms with E-state index >= 15 is 0 Å². The lowest BCUT2D eigenvalue weighted by molar-refractivity contribution is -0.114. The summed E-state index contributed by atoms with van der Waals surface area (Å²) in [4.78, 5) is 28.5. The highest BCUT2D eigenvalue weighted by Crippen LogP contribution is 2.23. The summed E-state index contributed by atoms with van der Waals surface area (Å²) in [6.45, 7) is 3.63. The lowest BCUT2D eigenvalue weighted by Gasteiger charge is -2.31. The first-order valence-electron chi connectivity index (χ1n) is 10.9. The molecule has 34 heavy (non-hydrogen) atoms. The predicted octanol–water partition coefficient (Wildman–Crippen LogP) is 3.22. The molecule has 0 bridgehead atoms. The molecule has 1 saturated heterocycles. The van der Waals surface area contributed by atoms with Crippen LogP contribution in [0, 0.1) is 12.7 Å². The summed E-state index contributed by atoms with van der Waals surface area (Å²) in [6.07, 6.45) is 0.945. The van der Waals surface area contributed by atoms with E-state index in [1.54, 1.807) is 31.2 Å². The summed E-state index contributed by atoms with van der Waals surface area (Å²) in [5.41, 5.74) is 1.92. The maximum absolute atomic E-state index is 13.4. The number of rotatable bonds is 5. The van der Waals surface area contributed by atoms with E-state index in [1.807, 2.05) is 0 Å². The minimum atomic E-state index is -3.68. The number of benzene rings is 2. The number of halogens is 1. The second-order valence-corrected chi connectivity index (χ2v) is 10.3. The van der Waals surface area contributed by atoms with Gasteiger partial charge in [0.1, 0.15) is 5.82 Å². The lowest BCUT2D eigenvalue weighted by atomic mass is 10.0. The smallest absolute Gasteiger partial charge is 0.253 e. The monoisotopic (exact) mass is 484 g/mol. The van der Waals surface area contributed by atoms with Crippen LogP contribution in [0.3, 0.4) is 0 Å². The van der Waals surface area contributed by atoms with Gasteiger partial charge in [-0.3, -0.25) is 14.6 Å². The third kappa shape index (κ3) is 5.07. The van der Waals surface area contributed by atoms with Crippen LogP contribution in [0.1, 0.15) is 35.8 Å². The highest BCUT2D eigenvalue weighted by Gasteiger charge is 2.30. The number of aryl methyl sites for hydroxylation is 1. The summed E-state index contributed by atoms with van der Waals surface area (Å²) in [5.74, 6) is -0.906. The first-order chi connectivity index (χ1) is 16.1. The van der Waals surface area contributed by atoms with E-state index in [-0.39, 0.29) is 41.7 Å². The molecule has 0 radical (unpaired) electrons. The molecule has 1 aliphatic heterocycles. The van der Waals surface area contributed by atoms with Crippen LogP contribution in [-0.2, 0) is 14.8 Å². The number of hydrogen-bond acceptors (Lipinski definition) is 5. The van der Waals surface area contributed by atoms with Crippen molar-refractivity contribution in [2.45, 2.75) is 37.6 Å². The Morgan fingerprint density at radius 3 is 2.38 bits per heavy atom. The van der Waals surface area contributed by atoms with Gasteiger partial charge in [-0.1, -0.05) is 0 Å². The molecule has 2 heterocycles. The number of piperidine rings is 1. The van der Waals surface area contributed by atoms with Gasteiger partial charge >= 0.3 is 0 Å². The fourth-order valence-corrected chi connectivity index (χ4v) is 5.50. The number of pyridine rings is 1. The van der Waals surface area contributed by atoms with Crippen molar-refractivity contribution in [3.8, 4) is 0 Å². The van der Waals surface area contributed by atoms with Crippen LogP contribution in [0.4, 0.5) is 10.1 Å². The second kappa shape index (κ2) is 9.47. The first-order valence-corrected chi connectivity index (χ1v) is 12.3. The summed E-state index contributed by atoms with van der Waals surface area (Å²) < 4.78 is 40.8. The molecule has 0 saturated carbocycles. The molecule has 1 fully saturated rings. The molecule has 0 aliphatic carbocycles. The van der Waals surface area contributed by atoms with E-state index in [4.69, 9.17) is 0 Å². The Morgan fingerprint density at radius 1 is 1.06 bits per heavy atom. The number of carbonyl (C=O) groups excluding carboxylic acids is 2. The Bertz CT molecular complexity index is 1350. The number of carbonyl (C=O) groups is 2. The molecular weight excluding hydrogens is 459 g/mol. The van der Waals surface area contributed by atoms with Gasteiger partial charge in [-0.15, -0.1) is 0 Å². The van der Waals surface area contributed by atoms with Gasteiger partial charge in [0.15, 0.2) is 0 Å². The van der Waals surface area contributed by atoms with Gasteiger partial charge < -0.3 is 10.6 Å². The molecule has 8 nitrogen and oxygen atoms in total. The second-order valence-electron chi connectivity index (χ2n) is 8.32. The molecule has 3 aromatic rings. The minimum Gasteiger partial charge on any atom is -0.349 e. The van der Waals surface area contributed by atoms with E-state index in [2.05, 4.69) is 15.6 Å². The number of hydrogen-bond donors (Lipinski definition) is 2. The molecule has 4 rings (SSSR count). The third-order valence-electron chi connectivity index (χ3n) is 5.82. The van der Waals surface area contributed by atoms with E-state index in [0.717, 1.165) is 0 Å². The van der Waals surface area contributed by atoms with Gasteiger partial charge in [-0.2, -0.15) is 4.31 Å².